The molecule has 0 radical (unpaired) electrons. The number of carbonyl (C=O) groups is 2. The normalized spacial score (nSPS) is 15.4. The summed E-state index contributed by atoms with van der Waals surface area (Å²) in [5.74, 6) is -1.05. The summed E-state index contributed by atoms with van der Waals surface area (Å²) in [7, 11) is 1.35. The summed E-state index contributed by atoms with van der Waals surface area (Å²) < 4.78 is 10.0. The van der Waals surface area contributed by atoms with Crippen LogP contribution in [-0.2, 0) is 9.53 Å². The van der Waals surface area contributed by atoms with Gasteiger partial charge in [0.2, 0.25) is 0 Å². The van der Waals surface area contributed by atoms with Crippen LogP contribution in [-0.4, -0.2) is 36.6 Å². The summed E-state index contributed by atoms with van der Waals surface area (Å²) >= 11 is 0. The lowest BCUT2D eigenvalue weighted by Gasteiger charge is -2.21. The van der Waals surface area contributed by atoms with Crippen molar-refractivity contribution in [2.75, 3.05) is 13.7 Å². The lowest BCUT2D eigenvalue weighted by Crippen LogP contribution is -2.38. The predicted octanol–water partition coefficient (Wildman–Crippen LogP) is 2.99. The van der Waals surface area contributed by atoms with Crippen LogP contribution >= 0.6 is 0 Å². The molecule has 0 spiro atoms. The van der Waals surface area contributed by atoms with E-state index < -0.39 is 17.5 Å². The fraction of sp³-hybridized carbons (Fsp3) is 0.556. The van der Waals surface area contributed by atoms with Crippen LogP contribution in [0.4, 0.5) is 5.69 Å². The number of amides is 1. The van der Waals surface area contributed by atoms with Gasteiger partial charge in [-0.25, -0.2) is 4.79 Å². The molecular formula is C18H24N2O6. The highest BCUT2D eigenvalue weighted by Crippen LogP contribution is 2.24. The number of non-ortho nitro benzene ring substituents is 1. The number of hydrogen-bond donors (Lipinski definition) is 1. The SMILES string of the molecule is COc1ccc([N+](=O)[O-])cc1C(=O)OCC(=O)NC1CCCCCCC1. The lowest BCUT2D eigenvalue weighted by molar-refractivity contribution is -0.384. The molecule has 1 amide bonds. The van der Waals surface area contributed by atoms with Crippen LogP contribution in [0.15, 0.2) is 18.2 Å². The number of carbonyl (C=O) groups excluding carboxylic acids is 2. The Labute approximate surface area is 152 Å². The van der Waals surface area contributed by atoms with Gasteiger partial charge in [-0.2, -0.15) is 0 Å². The number of nitrogens with one attached hydrogen (secondary N) is 1. The van der Waals surface area contributed by atoms with Crippen molar-refractivity contribution in [3.63, 3.8) is 0 Å². The van der Waals surface area contributed by atoms with E-state index in [2.05, 4.69) is 5.32 Å². The number of ether oxygens (including phenoxy) is 2. The molecule has 26 heavy (non-hydrogen) atoms. The van der Waals surface area contributed by atoms with E-state index in [1.54, 1.807) is 0 Å². The average Bonchev–Trinajstić information content (AvgIpc) is 2.61. The first-order valence-corrected chi connectivity index (χ1v) is 8.80. The van der Waals surface area contributed by atoms with E-state index in [0.717, 1.165) is 31.7 Å². The second-order valence-electron chi connectivity index (χ2n) is 6.33. The van der Waals surface area contributed by atoms with Gasteiger partial charge in [0.25, 0.3) is 11.6 Å². The number of benzene rings is 1. The largest absolute Gasteiger partial charge is 0.496 e. The Bertz CT molecular complexity index is 653. The predicted molar refractivity (Wildman–Crippen MR) is 94.2 cm³/mol. The zero-order valence-corrected chi connectivity index (χ0v) is 14.9. The van der Waals surface area contributed by atoms with E-state index in [1.165, 1.54) is 38.5 Å². The summed E-state index contributed by atoms with van der Waals surface area (Å²) in [4.78, 5) is 34.5. The first-order chi connectivity index (χ1) is 12.5. The van der Waals surface area contributed by atoms with Crippen LogP contribution in [0.5, 0.6) is 5.75 Å². The molecule has 0 aliphatic heterocycles. The lowest BCUT2D eigenvalue weighted by atomic mass is 9.97. The molecule has 8 nitrogen and oxygen atoms in total. The molecule has 0 atom stereocenters. The van der Waals surface area contributed by atoms with Crippen LogP contribution < -0.4 is 10.1 Å². The van der Waals surface area contributed by atoms with Crippen LogP contribution in [0, 0.1) is 10.1 Å². The highest BCUT2D eigenvalue weighted by atomic mass is 16.6. The molecule has 8 heteroatoms. The number of nitrogens with zero attached hydrogens (tertiary/aromatic N) is 1. The van der Waals surface area contributed by atoms with Crippen molar-refractivity contribution >= 4 is 17.6 Å². The summed E-state index contributed by atoms with van der Waals surface area (Å²) in [5, 5.41) is 13.8. The van der Waals surface area contributed by atoms with Gasteiger partial charge in [0.1, 0.15) is 11.3 Å². The third-order valence-electron chi connectivity index (χ3n) is 4.42. The Morgan fingerprint density at radius 2 is 1.85 bits per heavy atom. The topological polar surface area (TPSA) is 108 Å². The minimum atomic E-state index is -0.835. The molecule has 1 saturated carbocycles. The van der Waals surface area contributed by atoms with E-state index in [4.69, 9.17) is 9.47 Å². The molecule has 1 fully saturated rings. The van der Waals surface area contributed by atoms with Crippen LogP contribution in [0.25, 0.3) is 0 Å². The van der Waals surface area contributed by atoms with Gasteiger partial charge in [-0.3, -0.25) is 14.9 Å². The molecule has 1 aromatic carbocycles. The molecule has 0 saturated heterocycles. The van der Waals surface area contributed by atoms with Gasteiger partial charge in [0.15, 0.2) is 6.61 Å². The fourth-order valence-corrected chi connectivity index (χ4v) is 3.05. The van der Waals surface area contributed by atoms with E-state index in [0.29, 0.717) is 0 Å². The van der Waals surface area contributed by atoms with Crippen molar-refractivity contribution in [1.82, 2.24) is 5.32 Å². The molecule has 0 unspecified atom stereocenters. The molecule has 1 aliphatic carbocycles. The number of rotatable bonds is 6. The van der Waals surface area contributed by atoms with Gasteiger partial charge in [0.05, 0.1) is 12.0 Å². The molecule has 1 N–H and O–H groups in total. The Morgan fingerprint density at radius 3 is 2.46 bits per heavy atom. The van der Waals surface area contributed by atoms with Gasteiger partial charge >= 0.3 is 5.97 Å². The Hall–Kier alpha value is -2.64. The maximum Gasteiger partial charge on any atom is 0.342 e. The average molecular weight is 364 g/mol. The number of methoxy groups -OCH3 is 1. The summed E-state index contributed by atoms with van der Waals surface area (Å²) in [6.07, 6.45) is 7.60. The van der Waals surface area contributed by atoms with Crippen LogP contribution in [0.2, 0.25) is 0 Å². The third kappa shape index (κ3) is 5.72. The van der Waals surface area contributed by atoms with E-state index in [9.17, 15) is 19.7 Å². The van der Waals surface area contributed by atoms with Crippen molar-refractivity contribution in [3.8, 4) is 5.75 Å². The maximum absolute atomic E-state index is 12.2. The highest BCUT2D eigenvalue weighted by Gasteiger charge is 2.20. The Balaban J connectivity index is 1.91. The van der Waals surface area contributed by atoms with Crippen LogP contribution in [0.1, 0.15) is 55.3 Å². The van der Waals surface area contributed by atoms with Crippen molar-refractivity contribution in [1.29, 1.82) is 0 Å². The number of nitro groups is 1. The zero-order valence-electron chi connectivity index (χ0n) is 14.9. The Kier molecular flexibility index (Phi) is 7.37. The number of hydrogen-bond acceptors (Lipinski definition) is 6. The second-order valence-corrected chi connectivity index (χ2v) is 6.33. The van der Waals surface area contributed by atoms with Gasteiger partial charge in [-0.15, -0.1) is 0 Å². The summed E-state index contributed by atoms with van der Waals surface area (Å²) in [5.41, 5.74) is -0.336. The maximum atomic E-state index is 12.2. The third-order valence-corrected chi connectivity index (χ3v) is 4.42. The van der Waals surface area contributed by atoms with Gasteiger partial charge in [-0.05, 0) is 18.9 Å². The smallest absolute Gasteiger partial charge is 0.342 e. The number of nitro benzene ring substituents is 1. The molecular weight excluding hydrogens is 340 g/mol. The molecule has 0 heterocycles. The van der Waals surface area contributed by atoms with Crippen molar-refractivity contribution in [2.45, 2.75) is 51.0 Å². The van der Waals surface area contributed by atoms with E-state index in [1.807, 2.05) is 0 Å². The summed E-state index contributed by atoms with van der Waals surface area (Å²) in [6.45, 7) is -0.429. The molecule has 0 aromatic heterocycles. The van der Waals surface area contributed by atoms with Crippen LogP contribution in [0.3, 0.4) is 0 Å². The molecule has 0 bridgehead atoms. The number of esters is 1. The molecule has 1 aromatic rings. The van der Waals surface area contributed by atoms with E-state index in [-0.39, 0.29) is 28.9 Å². The van der Waals surface area contributed by atoms with Gasteiger partial charge in [-0.1, -0.05) is 32.1 Å². The standard InChI is InChI=1S/C18H24N2O6/c1-25-16-10-9-14(20(23)24)11-15(16)18(22)26-12-17(21)19-13-7-5-3-2-4-6-8-13/h9-11,13H,2-8,12H2,1H3,(H,19,21). The van der Waals surface area contributed by atoms with Crippen molar-refractivity contribution < 1.29 is 24.0 Å². The van der Waals surface area contributed by atoms with Gasteiger partial charge in [0, 0.05) is 18.2 Å². The Morgan fingerprint density at radius 1 is 1.19 bits per heavy atom. The van der Waals surface area contributed by atoms with Gasteiger partial charge < -0.3 is 14.8 Å². The van der Waals surface area contributed by atoms with Crippen molar-refractivity contribution in [2.24, 2.45) is 0 Å². The molecule has 1 aliphatic rings. The summed E-state index contributed by atoms with van der Waals surface area (Å²) in [6, 6.07) is 3.74. The first kappa shape index (κ1) is 19.7. The van der Waals surface area contributed by atoms with Crippen molar-refractivity contribution in [3.05, 3.63) is 33.9 Å². The second kappa shape index (κ2) is 9.74. The minimum absolute atomic E-state index is 0.0829. The van der Waals surface area contributed by atoms with E-state index >= 15 is 0 Å². The monoisotopic (exact) mass is 364 g/mol. The quantitative estimate of drug-likeness (QED) is 0.472. The molecule has 142 valence electrons. The fourth-order valence-electron chi connectivity index (χ4n) is 3.05. The highest BCUT2D eigenvalue weighted by molar-refractivity contribution is 5.94. The minimum Gasteiger partial charge on any atom is -0.496 e. The zero-order chi connectivity index (χ0) is 18.9. The first-order valence-electron chi connectivity index (χ1n) is 8.80. The molecule has 2 rings (SSSR count).